The molecule has 0 saturated carbocycles. The van der Waals surface area contributed by atoms with E-state index in [1.807, 2.05) is 13.0 Å². The normalized spacial score (nSPS) is 10.7. The number of unbranched alkanes of at least 4 members (excludes halogenated alkanes) is 2. The molecule has 0 fully saturated rings. The summed E-state index contributed by atoms with van der Waals surface area (Å²) in [5.41, 5.74) is 5.41. The smallest absolute Gasteiger partial charge is 0.312 e. The zero-order valence-electron chi connectivity index (χ0n) is 15.0. The molecule has 0 saturated heterocycles. The zero-order chi connectivity index (χ0) is 18.9. The predicted octanol–water partition coefficient (Wildman–Crippen LogP) is 1.50. The molecule has 0 atom stereocenters. The number of nitrogens with zero attached hydrogens (tertiary/aromatic N) is 2. The molecule has 4 N–H and O–H groups in total. The zero-order valence-corrected chi connectivity index (χ0v) is 15.0. The van der Waals surface area contributed by atoms with Crippen LogP contribution in [0.1, 0.15) is 38.4 Å². The van der Waals surface area contributed by atoms with E-state index < -0.39 is 6.03 Å². The standard InChI is InChI=1S/C18H25N5O3/c1-2-23(16(24)10-4-3-7-11-20-18(19)26)12-15-21-14-9-6-5-8-13(14)17(25)22-15/h5-6,8-9H,2-4,7,10-12H2,1H3,(H3,19,20,26)(H,21,22,25). The van der Waals surface area contributed by atoms with Gasteiger partial charge in [-0.3, -0.25) is 9.59 Å². The Morgan fingerprint density at radius 1 is 1.23 bits per heavy atom. The Hall–Kier alpha value is -2.90. The predicted molar refractivity (Wildman–Crippen MR) is 99.5 cm³/mol. The summed E-state index contributed by atoms with van der Waals surface area (Å²) in [5.74, 6) is 0.501. The SMILES string of the molecule is CCN(Cc1nc2ccccc2c(=O)[nH]1)C(=O)CCCCCNC(N)=O. The molecule has 1 aromatic heterocycles. The Kier molecular flexibility index (Phi) is 7.13. The fourth-order valence-corrected chi connectivity index (χ4v) is 2.71. The van der Waals surface area contributed by atoms with Crippen molar-refractivity contribution in [3.8, 4) is 0 Å². The number of benzene rings is 1. The Balaban J connectivity index is 1.89. The van der Waals surface area contributed by atoms with E-state index in [0.717, 1.165) is 19.3 Å². The minimum Gasteiger partial charge on any atom is -0.352 e. The van der Waals surface area contributed by atoms with Gasteiger partial charge < -0.3 is 20.9 Å². The molecule has 2 rings (SSSR count). The third-order valence-electron chi connectivity index (χ3n) is 4.10. The number of amides is 3. The van der Waals surface area contributed by atoms with Gasteiger partial charge in [0.1, 0.15) is 5.82 Å². The lowest BCUT2D eigenvalue weighted by atomic mass is 10.1. The van der Waals surface area contributed by atoms with Crippen LogP contribution in [0.5, 0.6) is 0 Å². The van der Waals surface area contributed by atoms with E-state index >= 15 is 0 Å². The van der Waals surface area contributed by atoms with Crippen LogP contribution in [-0.4, -0.2) is 39.9 Å². The highest BCUT2D eigenvalue weighted by Gasteiger charge is 2.14. The van der Waals surface area contributed by atoms with Crippen LogP contribution >= 0.6 is 0 Å². The number of aromatic nitrogens is 2. The van der Waals surface area contributed by atoms with Crippen LogP contribution in [0.4, 0.5) is 4.79 Å². The number of H-pyrrole nitrogens is 1. The molecule has 3 amide bonds. The van der Waals surface area contributed by atoms with E-state index in [2.05, 4.69) is 15.3 Å². The average Bonchev–Trinajstić information content (AvgIpc) is 2.62. The van der Waals surface area contributed by atoms with Gasteiger partial charge in [0, 0.05) is 19.5 Å². The summed E-state index contributed by atoms with van der Waals surface area (Å²) in [6.07, 6.45) is 2.76. The maximum Gasteiger partial charge on any atom is 0.312 e. The summed E-state index contributed by atoms with van der Waals surface area (Å²) < 4.78 is 0. The molecule has 0 aliphatic carbocycles. The number of hydrogen-bond donors (Lipinski definition) is 3. The van der Waals surface area contributed by atoms with E-state index in [0.29, 0.717) is 36.2 Å². The third-order valence-corrected chi connectivity index (χ3v) is 4.10. The lowest BCUT2D eigenvalue weighted by molar-refractivity contribution is -0.131. The Labute approximate surface area is 151 Å². The molecular formula is C18H25N5O3. The lowest BCUT2D eigenvalue weighted by Crippen LogP contribution is -2.32. The fraction of sp³-hybridized carbons (Fsp3) is 0.444. The summed E-state index contributed by atoms with van der Waals surface area (Å²) in [7, 11) is 0. The summed E-state index contributed by atoms with van der Waals surface area (Å²) in [4.78, 5) is 43.9. The van der Waals surface area contributed by atoms with Crippen molar-refractivity contribution >= 4 is 22.8 Å². The number of para-hydroxylation sites is 1. The number of rotatable bonds is 9. The molecule has 8 heteroatoms. The van der Waals surface area contributed by atoms with E-state index in [9.17, 15) is 14.4 Å². The summed E-state index contributed by atoms with van der Waals surface area (Å²) in [6, 6.07) is 6.59. The third kappa shape index (κ3) is 5.58. The molecule has 140 valence electrons. The lowest BCUT2D eigenvalue weighted by Gasteiger charge is -2.20. The second kappa shape index (κ2) is 9.55. The molecule has 0 spiro atoms. The van der Waals surface area contributed by atoms with Crippen LogP contribution in [0, 0.1) is 0 Å². The molecule has 0 aliphatic rings. The van der Waals surface area contributed by atoms with Crippen molar-refractivity contribution in [3.05, 3.63) is 40.4 Å². The van der Waals surface area contributed by atoms with Crippen molar-refractivity contribution in [1.82, 2.24) is 20.2 Å². The van der Waals surface area contributed by atoms with Crippen molar-refractivity contribution in [2.45, 2.75) is 39.2 Å². The number of hydrogen-bond acceptors (Lipinski definition) is 4. The van der Waals surface area contributed by atoms with Crippen molar-refractivity contribution in [2.24, 2.45) is 5.73 Å². The number of nitrogens with one attached hydrogen (secondary N) is 2. The van der Waals surface area contributed by atoms with Gasteiger partial charge in [0.2, 0.25) is 5.91 Å². The maximum absolute atomic E-state index is 12.4. The number of nitrogens with two attached hydrogens (primary N) is 1. The van der Waals surface area contributed by atoms with Crippen molar-refractivity contribution in [2.75, 3.05) is 13.1 Å². The highest BCUT2D eigenvalue weighted by molar-refractivity contribution is 5.78. The fourth-order valence-electron chi connectivity index (χ4n) is 2.71. The van der Waals surface area contributed by atoms with Crippen LogP contribution in [0.15, 0.2) is 29.1 Å². The van der Waals surface area contributed by atoms with E-state index in [1.54, 1.807) is 23.1 Å². The number of carbonyl (C=O) groups is 2. The van der Waals surface area contributed by atoms with Gasteiger partial charge in [0.25, 0.3) is 5.56 Å². The van der Waals surface area contributed by atoms with Crippen LogP contribution < -0.4 is 16.6 Å². The van der Waals surface area contributed by atoms with Gasteiger partial charge in [-0.05, 0) is 31.9 Å². The van der Waals surface area contributed by atoms with Gasteiger partial charge in [-0.15, -0.1) is 0 Å². The van der Waals surface area contributed by atoms with Gasteiger partial charge in [0.15, 0.2) is 0 Å². The molecule has 0 radical (unpaired) electrons. The molecule has 0 aliphatic heterocycles. The minimum atomic E-state index is -0.532. The second-order valence-corrected chi connectivity index (χ2v) is 6.04. The van der Waals surface area contributed by atoms with Crippen molar-refractivity contribution in [1.29, 1.82) is 0 Å². The summed E-state index contributed by atoms with van der Waals surface area (Å²) in [5, 5.41) is 3.06. The largest absolute Gasteiger partial charge is 0.352 e. The van der Waals surface area contributed by atoms with E-state index in [1.165, 1.54) is 0 Å². The Bertz CT molecular complexity index is 818. The van der Waals surface area contributed by atoms with Gasteiger partial charge in [-0.2, -0.15) is 0 Å². The molecule has 0 bridgehead atoms. The second-order valence-electron chi connectivity index (χ2n) is 6.04. The average molecular weight is 359 g/mol. The quantitative estimate of drug-likeness (QED) is 0.587. The molecule has 8 nitrogen and oxygen atoms in total. The molecule has 1 aromatic carbocycles. The first-order valence-electron chi connectivity index (χ1n) is 8.80. The number of carbonyl (C=O) groups excluding carboxylic acids is 2. The topological polar surface area (TPSA) is 121 Å². The maximum atomic E-state index is 12.4. The summed E-state index contributed by atoms with van der Waals surface area (Å²) in [6.45, 7) is 3.23. The number of aromatic amines is 1. The molecule has 0 unspecified atom stereocenters. The molecule has 1 heterocycles. The van der Waals surface area contributed by atoms with Gasteiger partial charge >= 0.3 is 6.03 Å². The van der Waals surface area contributed by atoms with Crippen LogP contribution in [-0.2, 0) is 11.3 Å². The first-order valence-corrected chi connectivity index (χ1v) is 8.80. The number of primary amides is 1. The van der Waals surface area contributed by atoms with Gasteiger partial charge in [-0.25, -0.2) is 9.78 Å². The number of urea groups is 1. The van der Waals surface area contributed by atoms with E-state index in [4.69, 9.17) is 5.73 Å². The minimum absolute atomic E-state index is 0.0196. The Morgan fingerprint density at radius 2 is 2.00 bits per heavy atom. The van der Waals surface area contributed by atoms with Gasteiger partial charge in [0.05, 0.1) is 17.4 Å². The highest BCUT2D eigenvalue weighted by Crippen LogP contribution is 2.09. The number of fused-ring (bicyclic) bond motifs is 1. The molecule has 26 heavy (non-hydrogen) atoms. The molecular weight excluding hydrogens is 334 g/mol. The van der Waals surface area contributed by atoms with Crippen LogP contribution in [0.25, 0.3) is 10.9 Å². The first kappa shape index (κ1) is 19.4. The van der Waals surface area contributed by atoms with Gasteiger partial charge in [-0.1, -0.05) is 18.6 Å². The molecule has 2 aromatic rings. The van der Waals surface area contributed by atoms with Crippen molar-refractivity contribution < 1.29 is 9.59 Å². The van der Waals surface area contributed by atoms with Crippen molar-refractivity contribution in [3.63, 3.8) is 0 Å². The first-order chi connectivity index (χ1) is 12.5. The summed E-state index contributed by atoms with van der Waals surface area (Å²) >= 11 is 0. The van der Waals surface area contributed by atoms with Crippen LogP contribution in [0.3, 0.4) is 0 Å². The monoisotopic (exact) mass is 359 g/mol. The Morgan fingerprint density at radius 3 is 2.73 bits per heavy atom. The van der Waals surface area contributed by atoms with E-state index in [-0.39, 0.29) is 18.0 Å². The van der Waals surface area contributed by atoms with Crippen LogP contribution in [0.2, 0.25) is 0 Å². The highest BCUT2D eigenvalue weighted by atomic mass is 16.2.